The molecule has 0 aliphatic heterocycles. The van der Waals surface area contributed by atoms with Crippen LogP contribution in [0, 0.1) is 0 Å². The van der Waals surface area contributed by atoms with E-state index in [-0.39, 0.29) is 63.8 Å². The molecule has 150 valence electrons. The van der Waals surface area contributed by atoms with Gasteiger partial charge in [-0.25, -0.2) is 0 Å². The fourth-order valence-corrected chi connectivity index (χ4v) is 2.41. The minimum absolute atomic E-state index is 0. The first-order valence-electron chi connectivity index (χ1n) is 9.37. The zero-order valence-corrected chi connectivity index (χ0v) is 22.2. The van der Waals surface area contributed by atoms with Crippen LogP contribution in [0.1, 0.15) is 77.3 Å². The summed E-state index contributed by atoms with van der Waals surface area (Å²) < 4.78 is 1.66. The molecule has 0 aliphatic rings. The molecule has 6 heteroatoms. The molecule has 2 rings (SSSR count). The molecule has 0 aromatic carbocycles. The predicted octanol–water partition coefficient (Wildman–Crippen LogP) is -2.42. The molecule has 0 saturated heterocycles. The van der Waals surface area contributed by atoms with Gasteiger partial charge >= 0.3 is 51.4 Å². The fraction of sp³-hybridized carbons (Fsp3) is 0.500. The number of carbonyl (C=O) groups excluding carboxylic acids is 1. The van der Waals surface area contributed by atoms with Crippen LogP contribution >= 0.6 is 0 Å². The standard InChI is InChI=1S/C13H19NO2.C9H13N.ClH.K/c1-5-10(2)11-6-8-14(9-7-11)13(3,4)12(15)16;1-3-8(2)9-4-6-10-7-5-9;;/h6-10H,5H2,1-4H3;4-8H,3H2,1-2H3;1H;/q;;;+1/p-1. The third-order valence-corrected chi connectivity index (χ3v) is 5.07. The summed E-state index contributed by atoms with van der Waals surface area (Å²) >= 11 is 0. The summed E-state index contributed by atoms with van der Waals surface area (Å²) in [4.78, 5) is 14.9. The van der Waals surface area contributed by atoms with Crippen LogP contribution in [-0.2, 0) is 10.3 Å². The maximum Gasteiger partial charge on any atom is 1.00 e. The van der Waals surface area contributed by atoms with Crippen molar-refractivity contribution in [2.75, 3.05) is 0 Å². The van der Waals surface area contributed by atoms with Crippen molar-refractivity contribution < 1.29 is 78.3 Å². The van der Waals surface area contributed by atoms with Gasteiger partial charge < -0.3 is 22.3 Å². The maximum absolute atomic E-state index is 11.0. The molecule has 0 spiro atoms. The molecule has 0 fully saturated rings. The molecule has 0 aliphatic carbocycles. The number of hydrogen-bond donors (Lipinski definition) is 0. The van der Waals surface area contributed by atoms with Gasteiger partial charge in [-0.15, -0.1) is 0 Å². The molecular formula is C22H32ClKN2O2. The Kier molecular flexibility index (Phi) is 15.6. The van der Waals surface area contributed by atoms with Gasteiger partial charge in [0.05, 0.1) is 0 Å². The van der Waals surface area contributed by atoms with Crippen molar-refractivity contribution in [3.63, 3.8) is 0 Å². The molecule has 2 heterocycles. The molecular weight excluding hydrogens is 399 g/mol. The third-order valence-electron chi connectivity index (χ3n) is 5.07. The molecule has 2 atom stereocenters. The summed E-state index contributed by atoms with van der Waals surface area (Å²) in [5.74, 6) is 0.0949. The molecule has 0 amide bonds. The number of aromatic nitrogens is 2. The van der Waals surface area contributed by atoms with E-state index in [2.05, 4.69) is 44.8 Å². The zero-order valence-electron chi connectivity index (χ0n) is 18.3. The predicted molar refractivity (Wildman–Crippen MR) is 103 cm³/mol. The summed E-state index contributed by atoms with van der Waals surface area (Å²) in [6, 6.07) is 8.10. The molecule has 4 nitrogen and oxygen atoms in total. The summed E-state index contributed by atoms with van der Waals surface area (Å²) in [6.07, 6.45) is 9.58. The Morgan fingerprint density at radius 1 is 1.00 bits per heavy atom. The van der Waals surface area contributed by atoms with Crippen molar-refractivity contribution in [3.05, 3.63) is 60.2 Å². The molecule has 2 aromatic rings. The van der Waals surface area contributed by atoms with Crippen LogP contribution in [0.5, 0.6) is 0 Å². The van der Waals surface area contributed by atoms with Gasteiger partial charge in [0.1, 0.15) is 5.97 Å². The van der Waals surface area contributed by atoms with Gasteiger partial charge in [-0.2, -0.15) is 4.57 Å². The topological polar surface area (TPSA) is 56.9 Å². The van der Waals surface area contributed by atoms with E-state index < -0.39 is 11.5 Å². The van der Waals surface area contributed by atoms with Crippen LogP contribution in [-0.4, -0.2) is 11.0 Å². The van der Waals surface area contributed by atoms with E-state index in [9.17, 15) is 9.90 Å². The van der Waals surface area contributed by atoms with Crippen LogP contribution in [0.3, 0.4) is 0 Å². The monoisotopic (exact) mass is 430 g/mol. The summed E-state index contributed by atoms with van der Waals surface area (Å²) in [5, 5.41) is 11.0. The van der Waals surface area contributed by atoms with Gasteiger partial charge in [0.15, 0.2) is 12.4 Å². The van der Waals surface area contributed by atoms with Crippen molar-refractivity contribution in [2.45, 2.75) is 71.8 Å². The second kappa shape index (κ2) is 14.6. The van der Waals surface area contributed by atoms with Crippen molar-refractivity contribution >= 4 is 5.97 Å². The van der Waals surface area contributed by atoms with Crippen molar-refractivity contribution in [2.24, 2.45) is 0 Å². The first kappa shape index (κ1) is 29.9. The number of aliphatic carboxylic acids is 1. The largest absolute Gasteiger partial charge is 1.00 e. The Morgan fingerprint density at radius 2 is 1.39 bits per heavy atom. The SMILES string of the molecule is CCC(C)c1cc[n+](C(C)(C)C(=O)[O-])cc1.CCC(C)c1ccncc1.[Cl-].[K+]. The van der Waals surface area contributed by atoms with Gasteiger partial charge in [0.2, 0.25) is 5.54 Å². The van der Waals surface area contributed by atoms with Crippen LogP contribution in [0.25, 0.3) is 0 Å². The number of carboxylic acid groups (broad SMARTS) is 1. The molecule has 2 unspecified atom stereocenters. The van der Waals surface area contributed by atoms with Crippen molar-refractivity contribution in [1.82, 2.24) is 4.98 Å². The minimum Gasteiger partial charge on any atom is -1.00 e. The first-order valence-corrected chi connectivity index (χ1v) is 9.37. The Morgan fingerprint density at radius 3 is 1.75 bits per heavy atom. The van der Waals surface area contributed by atoms with E-state index in [1.165, 1.54) is 17.5 Å². The summed E-state index contributed by atoms with van der Waals surface area (Å²) in [5.41, 5.74) is 1.61. The second-order valence-corrected chi connectivity index (χ2v) is 7.28. The summed E-state index contributed by atoms with van der Waals surface area (Å²) in [6.45, 7) is 12.0. The normalized spacial score (nSPS) is 12.4. The smallest absolute Gasteiger partial charge is 1.00 e. The van der Waals surface area contributed by atoms with E-state index in [0.717, 1.165) is 6.42 Å². The van der Waals surface area contributed by atoms with E-state index in [1.54, 1.807) is 30.8 Å². The molecule has 0 bridgehead atoms. The summed E-state index contributed by atoms with van der Waals surface area (Å²) in [7, 11) is 0. The van der Waals surface area contributed by atoms with E-state index >= 15 is 0 Å². The Balaban J connectivity index is 0. The van der Waals surface area contributed by atoms with Crippen LogP contribution in [0.2, 0.25) is 0 Å². The molecule has 2 aromatic heterocycles. The molecule has 0 radical (unpaired) electrons. The average Bonchev–Trinajstić information content (AvgIpc) is 2.67. The Hall–Kier alpha value is -0.304. The maximum atomic E-state index is 11.0. The second-order valence-electron chi connectivity index (χ2n) is 7.28. The third kappa shape index (κ3) is 9.01. The van der Waals surface area contributed by atoms with Gasteiger partial charge in [-0.3, -0.25) is 4.98 Å². The zero-order chi connectivity index (χ0) is 19.7. The quantitative estimate of drug-likeness (QED) is 0.378. The van der Waals surface area contributed by atoms with E-state index in [0.29, 0.717) is 11.8 Å². The number of halogens is 1. The number of nitrogens with zero attached hydrogens (tertiary/aromatic N) is 2. The van der Waals surface area contributed by atoms with Gasteiger partial charge in [0.25, 0.3) is 0 Å². The van der Waals surface area contributed by atoms with Crippen molar-refractivity contribution in [1.29, 1.82) is 0 Å². The Labute approximate surface area is 219 Å². The average molecular weight is 431 g/mol. The molecule has 28 heavy (non-hydrogen) atoms. The van der Waals surface area contributed by atoms with Crippen molar-refractivity contribution in [3.8, 4) is 0 Å². The molecule has 0 saturated carbocycles. The van der Waals surface area contributed by atoms with Gasteiger partial charge in [-0.1, -0.05) is 27.7 Å². The minimum atomic E-state index is -1.08. The molecule has 0 N–H and O–H groups in total. The number of hydrogen-bond acceptors (Lipinski definition) is 3. The van der Waals surface area contributed by atoms with Crippen LogP contribution < -0.4 is 73.5 Å². The van der Waals surface area contributed by atoms with Crippen LogP contribution in [0.4, 0.5) is 0 Å². The van der Waals surface area contributed by atoms with E-state index in [4.69, 9.17) is 0 Å². The van der Waals surface area contributed by atoms with Gasteiger partial charge in [0, 0.05) is 38.4 Å². The number of carbonyl (C=O) groups is 1. The fourth-order valence-electron chi connectivity index (χ4n) is 2.41. The Bertz CT molecular complexity index is 679. The van der Waals surface area contributed by atoms with E-state index in [1.807, 2.05) is 24.5 Å². The number of pyridine rings is 2. The number of carboxylic acids is 1. The van der Waals surface area contributed by atoms with Gasteiger partial charge in [-0.05, 0) is 47.9 Å². The first-order chi connectivity index (χ1) is 12.2. The van der Waals surface area contributed by atoms with Crippen LogP contribution in [0.15, 0.2) is 49.1 Å². The number of rotatable bonds is 6.